The summed E-state index contributed by atoms with van der Waals surface area (Å²) in [6, 6.07) is 13.1. The van der Waals surface area contributed by atoms with Crippen molar-refractivity contribution in [3.8, 4) is 17.1 Å². The van der Waals surface area contributed by atoms with E-state index in [1.807, 2.05) is 36.1 Å². The molecule has 30 heavy (non-hydrogen) atoms. The van der Waals surface area contributed by atoms with Crippen molar-refractivity contribution in [1.29, 1.82) is 0 Å². The topological polar surface area (TPSA) is 68.5 Å². The van der Waals surface area contributed by atoms with Gasteiger partial charge in [-0.1, -0.05) is 41.0 Å². The van der Waals surface area contributed by atoms with Crippen LogP contribution in [-0.2, 0) is 6.42 Å². The average Bonchev–Trinajstić information content (AvgIpc) is 3.22. The van der Waals surface area contributed by atoms with Crippen LogP contribution in [0.25, 0.3) is 11.4 Å². The first-order valence-corrected chi connectivity index (χ1v) is 10.4. The first kappa shape index (κ1) is 20.4. The quantitative estimate of drug-likeness (QED) is 0.587. The molecular formula is C23H24ClN3O3. The monoisotopic (exact) mass is 425 g/mol. The molecule has 7 heteroatoms. The Balaban J connectivity index is 1.46. The van der Waals surface area contributed by atoms with Crippen LogP contribution in [0.4, 0.5) is 0 Å². The molecule has 1 aliphatic heterocycles. The first-order valence-electron chi connectivity index (χ1n) is 10.1. The van der Waals surface area contributed by atoms with Gasteiger partial charge in [0, 0.05) is 30.1 Å². The zero-order valence-corrected chi connectivity index (χ0v) is 17.9. The van der Waals surface area contributed by atoms with E-state index in [-0.39, 0.29) is 11.8 Å². The lowest BCUT2D eigenvalue weighted by Crippen LogP contribution is -2.40. The van der Waals surface area contributed by atoms with Crippen LogP contribution in [-0.4, -0.2) is 41.1 Å². The van der Waals surface area contributed by atoms with Gasteiger partial charge in [-0.2, -0.15) is 4.98 Å². The maximum atomic E-state index is 13.1. The number of ether oxygens (including phenoxy) is 1. The van der Waals surface area contributed by atoms with Gasteiger partial charge in [0.05, 0.1) is 12.7 Å². The van der Waals surface area contributed by atoms with Gasteiger partial charge in [-0.05, 0) is 49.4 Å². The molecule has 0 spiro atoms. The summed E-state index contributed by atoms with van der Waals surface area (Å²) < 4.78 is 10.9. The van der Waals surface area contributed by atoms with Crippen molar-refractivity contribution in [2.75, 3.05) is 20.2 Å². The number of nitrogens with zero attached hydrogens (tertiary/aromatic N) is 3. The van der Waals surface area contributed by atoms with Crippen LogP contribution in [0, 0.1) is 12.8 Å². The Kier molecular flexibility index (Phi) is 6.04. The molecule has 3 aromatic rings. The summed E-state index contributed by atoms with van der Waals surface area (Å²) in [7, 11) is 1.56. The Bertz CT molecular complexity index is 1050. The molecule has 2 aromatic carbocycles. The fourth-order valence-corrected chi connectivity index (χ4v) is 4.12. The molecule has 1 saturated heterocycles. The van der Waals surface area contributed by atoms with E-state index in [2.05, 4.69) is 10.1 Å². The van der Waals surface area contributed by atoms with E-state index in [4.69, 9.17) is 20.9 Å². The number of halogens is 1. The van der Waals surface area contributed by atoms with Gasteiger partial charge in [-0.3, -0.25) is 4.79 Å². The highest BCUT2D eigenvalue weighted by Gasteiger charge is 2.28. The maximum Gasteiger partial charge on any atom is 0.257 e. The third-order valence-electron chi connectivity index (χ3n) is 5.52. The normalized spacial score (nSPS) is 16.5. The van der Waals surface area contributed by atoms with Crippen LogP contribution in [0.15, 0.2) is 47.0 Å². The summed E-state index contributed by atoms with van der Waals surface area (Å²) in [6.07, 6.45) is 2.59. The number of aryl methyl sites for hydroxylation is 1. The Labute approximate surface area is 180 Å². The van der Waals surface area contributed by atoms with Crippen LogP contribution in [0.3, 0.4) is 0 Å². The number of carbonyl (C=O) groups excluding carboxylic acids is 1. The Morgan fingerprint density at radius 1 is 1.30 bits per heavy atom. The number of rotatable bonds is 5. The highest BCUT2D eigenvalue weighted by Crippen LogP contribution is 2.28. The van der Waals surface area contributed by atoms with Crippen LogP contribution in [0.2, 0.25) is 5.02 Å². The lowest BCUT2D eigenvalue weighted by molar-refractivity contribution is 0.0665. The molecule has 2 heterocycles. The van der Waals surface area contributed by atoms with Crippen LogP contribution < -0.4 is 4.74 Å². The van der Waals surface area contributed by atoms with E-state index in [9.17, 15) is 4.79 Å². The zero-order valence-electron chi connectivity index (χ0n) is 17.1. The second kappa shape index (κ2) is 8.88. The van der Waals surface area contributed by atoms with E-state index in [1.165, 1.54) is 0 Å². The van der Waals surface area contributed by atoms with Crippen molar-refractivity contribution in [2.45, 2.75) is 26.2 Å². The van der Waals surface area contributed by atoms with Crippen molar-refractivity contribution in [3.63, 3.8) is 0 Å². The number of hydrogen-bond acceptors (Lipinski definition) is 5. The van der Waals surface area contributed by atoms with Gasteiger partial charge in [0.15, 0.2) is 0 Å². The van der Waals surface area contributed by atoms with Gasteiger partial charge in [-0.15, -0.1) is 0 Å². The third-order valence-corrected chi connectivity index (χ3v) is 5.75. The van der Waals surface area contributed by atoms with Crippen molar-refractivity contribution in [3.05, 3.63) is 64.5 Å². The Morgan fingerprint density at radius 2 is 2.13 bits per heavy atom. The number of benzene rings is 2. The Morgan fingerprint density at radius 3 is 2.93 bits per heavy atom. The van der Waals surface area contributed by atoms with E-state index in [0.29, 0.717) is 47.6 Å². The number of hydrogen-bond donors (Lipinski definition) is 0. The largest absolute Gasteiger partial charge is 0.496 e. The minimum Gasteiger partial charge on any atom is -0.496 e. The van der Waals surface area contributed by atoms with Gasteiger partial charge in [-0.25, -0.2) is 0 Å². The molecule has 0 N–H and O–H groups in total. The Hall–Kier alpha value is -2.86. The molecule has 156 valence electrons. The van der Waals surface area contributed by atoms with Gasteiger partial charge in [0.1, 0.15) is 5.75 Å². The fourth-order valence-electron chi connectivity index (χ4n) is 3.95. The maximum absolute atomic E-state index is 13.1. The van der Waals surface area contributed by atoms with E-state index < -0.39 is 0 Å². The smallest absolute Gasteiger partial charge is 0.257 e. The third kappa shape index (κ3) is 4.33. The molecule has 1 aromatic heterocycles. The van der Waals surface area contributed by atoms with E-state index in [1.54, 1.807) is 25.3 Å². The first-order chi connectivity index (χ1) is 14.5. The van der Waals surface area contributed by atoms with Crippen molar-refractivity contribution in [1.82, 2.24) is 15.0 Å². The van der Waals surface area contributed by atoms with E-state index >= 15 is 0 Å². The molecular weight excluding hydrogens is 402 g/mol. The minimum atomic E-state index is -0.0646. The molecule has 1 atom stereocenters. The molecule has 4 rings (SSSR count). The van der Waals surface area contributed by atoms with Crippen LogP contribution >= 0.6 is 11.6 Å². The molecule has 0 saturated carbocycles. The standard InChI is InChI=1S/C23H24ClN3O3/c1-15-6-3-4-8-18(15)22-25-21(30-26-22)12-16-7-5-11-27(14-16)23(28)19-13-17(24)9-10-20(19)29-2/h3-4,6,8-10,13,16H,5,7,11-12,14H2,1-2H3/t16-/m1/s1. The summed E-state index contributed by atoms with van der Waals surface area (Å²) >= 11 is 6.10. The molecule has 1 amide bonds. The number of piperidine rings is 1. The molecule has 0 aliphatic carbocycles. The second-order valence-electron chi connectivity index (χ2n) is 7.63. The highest BCUT2D eigenvalue weighted by atomic mass is 35.5. The molecule has 6 nitrogen and oxygen atoms in total. The summed E-state index contributed by atoms with van der Waals surface area (Å²) in [5.74, 6) is 1.94. The molecule has 0 radical (unpaired) electrons. The molecule has 1 aliphatic rings. The highest BCUT2D eigenvalue weighted by molar-refractivity contribution is 6.31. The van der Waals surface area contributed by atoms with Gasteiger partial charge >= 0.3 is 0 Å². The minimum absolute atomic E-state index is 0.0646. The zero-order chi connectivity index (χ0) is 21.1. The van der Waals surface area contributed by atoms with Gasteiger partial charge < -0.3 is 14.2 Å². The SMILES string of the molecule is COc1ccc(Cl)cc1C(=O)N1CCC[C@H](Cc2nc(-c3ccccc3C)no2)C1. The second-order valence-corrected chi connectivity index (χ2v) is 8.07. The number of amides is 1. The summed E-state index contributed by atoms with van der Waals surface area (Å²) in [4.78, 5) is 19.5. The summed E-state index contributed by atoms with van der Waals surface area (Å²) in [6.45, 7) is 3.37. The predicted molar refractivity (Wildman–Crippen MR) is 115 cm³/mol. The van der Waals surface area contributed by atoms with Crippen LogP contribution in [0.1, 0.15) is 34.7 Å². The predicted octanol–water partition coefficient (Wildman–Crippen LogP) is 4.80. The summed E-state index contributed by atoms with van der Waals surface area (Å²) in [5, 5.41) is 4.67. The summed E-state index contributed by atoms with van der Waals surface area (Å²) in [5.41, 5.74) is 2.57. The average molecular weight is 426 g/mol. The van der Waals surface area contributed by atoms with E-state index in [0.717, 1.165) is 24.0 Å². The van der Waals surface area contributed by atoms with Crippen molar-refractivity contribution in [2.24, 2.45) is 5.92 Å². The number of aromatic nitrogens is 2. The van der Waals surface area contributed by atoms with Gasteiger partial charge in [0.25, 0.3) is 5.91 Å². The van der Waals surface area contributed by atoms with Gasteiger partial charge in [0.2, 0.25) is 11.7 Å². The lowest BCUT2D eigenvalue weighted by Gasteiger charge is -2.32. The molecule has 0 unspecified atom stereocenters. The number of likely N-dealkylation sites (tertiary alicyclic amines) is 1. The molecule has 0 bridgehead atoms. The number of methoxy groups -OCH3 is 1. The van der Waals surface area contributed by atoms with Crippen molar-refractivity contribution < 1.29 is 14.1 Å². The lowest BCUT2D eigenvalue weighted by atomic mass is 9.94. The fraction of sp³-hybridized carbons (Fsp3) is 0.348. The number of carbonyl (C=O) groups is 1. The van der Waals surface area contributed by atoms with Crippen molar-refractivity contribution >= 4 is 17.5 Å². The van der Waals surface area contributed by atoms with Crippen LogP contribution in [0.5, 0.6) is 5.75 Å². The molecule has 1 fully saturated rings.